The van der Waals surface area contributed by atoms with E-state index in [0.29, 0.717) is 11.5 Å². The molecule has 0 aromatic rings. The zero-order chi connectivity index (χ0) is 11.0. The van der Waals surface area contributed by atoms with E-state index >= 15 is 0 Å². The van der Waals surface area contributed by atoms with Crippen LogP contribution in [-0.4, -0.2) is 5.91 Å². The minimum atomic E-state index is -0.296. The van der Waals surface area contributed by atoms with Crippen LogP contribution in [0.5, 0.6) is 0 Å². The van der Waals surface area contributed by atoms with Crippen molar-refractivity contribution in [2.45, 2.75) is 52.9 Å². The van der Waals surface area contributed by atoms with Crippen molar-refractivity contribution in [3.05, 3.63) is 11.6 Å². The normalized spacial score (nSPS) is 14.1. The molecule has 1 unspecified atom stereocenters. The molecule has 0 aliphatic carbocycles. The van der Waals surface area contributed by atoms with E-state index in [-0.39, 0.29) is 5.91 Å². The Morgan fingerprint density at radius 3 is 2.50 bits per heavy atom. The molecule has 0 heterocycles. The number of allylic oxidation sites excluding steroid dienone is 1. The molecule has 0 aromatic heterocycles. The Morgan fingerprint density at radius 2 is 2.07 bits per heavy atom. The van der Waals surface area contributed by atoms with Crippen LogP contribution in [0.25, 0.3) is 0 Å². The molecule has 82 valence electrons. The summed E-state index contributed by atoms with van der Waals surface area (Å²) in [6.07, 6.45) is 7.94. The molecule has 1 amide bonds. The second-order valence-electron chi connectivity index (χ2n) is 3.90. The molecule has 0 aromatic carbocycles. The summed E-state index contributed by atoms with van der Waals surface area (Å²) in [5.41, 5.74) is 5.85. The topological polar surface area (TPSA) is 43.1 Å². The van der Waals surface area contributed by atoms with Gasteiger partial charge < -0.3 is 5.73 Å². The summed E-state index contributed by atoms with van der Waals surface area (Å²) in [5.74, 6) is 0.416. The van der Waals surface area contributed by atoms with Gasteiger partial charge in [-0.15, -0.1) is 0 Å². The lowest BCUT2D eigenvalue weighted by Crippen LogP contribution is -2.12. The summed E-state index contributed by atoms with van der Waals surface area (Å²) < 4.78 is 0. The van der Waals surface area contributed by atoms with Crippen LogP contribution in [0.2, 0.25) is 0 Å². The Morgan fingerprint density at radius 1 is 1.43 bits per heavy atom. The van der Waals surface area contributed by atoms with E-state index in [4.69, 9.17) is 5.73 Å². The third-order valence-electron chi connectivity index (χ3n) is 2.69. The fourth-order valence-electron chi connectivity index (χ4n) is 1.43. The molecule has 0 fully saturated rings. The zero-order valence-electron chi connectivity index (χ0n) is 9.68. The van der Waals surface area contributed by atoms with Gasteiger partial charge in [0.15, 0.2) is 0 Å². The molecule has 14 heavy (non-hydrogen) atoms. The zero-order valence-corrected chi connectivity index (χ0v) is 9.68. The van der Waals surface area contributed by atoms with Gasteiger partial charge in [0.1, 0.15) is 0 Å². The largest absolute Gasteiger partial charge is 0.366 e. The van der Waals surface area contributed by atoms with Crippen LogP contribution in [-0.2, 0) is 4.79 Å². The van der Waals surface area contributed by atoms with E-state index in [1.807, 2.05) is 6.08 Å². The summed E-state index contributed by atoms with van der Waals surface area (Å²) in [7, 11) is 0. The lowest BCUT2D eigenvalue weighted by Gasteiger charge is -2.11. The van der Waals surface area contributed by atoms with E-state index < -0.39 is 0 Å². The molecule has 2 nitrogen and oxygen atoms in total. The van der Waals surface area contributed by atoms with Gasteiger partial charge in [0.05, 0.1) is 0 Å². The number of carbonyl (C=O) groups is 1. The van der Waals surface area contributed by atoms with Gasteiger partial charge >= 0.3 is 0 Å². The number of rotatable bonds is 7. The Balaban J connectivity index is 3.93. The highest BCUT2D eigenvalue weighted by Gasteiger charge is 2.04. The molecule has 0 spiro atoms. The molecule has 0 rings (SSSR count). The third-order valence-corrected chi connectivity index (χ3v) is 2.69. The number of hydrogen-bond donors (Lipinski definition) is 1. The van der Waals surface area contributed by atoms with Crippen LogP contribution < -0.4 is 5.73 Å². The predicted molar refractivity (Wildman–Crippen MR) is 60.9 cm³/mol. The van der Waals surface area contributed by atoms with Crippen LogP contribution in [0.1, 0.15) is 52.9 Å². The molecule has 0 saturated heterocycles. The maximum absolute atomic E-state index is 10.8. The van der Waals surface area contributed by atoms with Crippen molar-refractivity contribution in [1.82, 2.24) is 0 Å². The van der Waals surface area contributed by atoms with E-state index in [2.05, 4.69) is 13.8 Å². The molecule has 2 heteroatoms. The van der Waals surface area contributed by atoms with Crippen LogP contribution in [0.15, 0.2) is 11.6 Å². The van der Waals surface area contributed by atoms with Gasteiger partial charge in [-0.05, 0) is 19.3 Å². The van der Waals surface area contributed by atoms with E-state index in [0.717, 1.165) is 6.42 Å². The minimum absolute atomic E-state index is 0.296. The smallest absolute Gasteiger partial charge is 0.244 e. The molecule has 0 radical (unpaired) electrons. The highest BCUT2D eigenvalue weighted by atomic mass is 16.1. The first-order chi connectivity index (χ1) is 6.61. The standard InChI is InChI=1S/C12H23NO/c1-4-6-7-11(5-2)9-8-10(3)12(13)14/h8,11H,4-7,9H2,1-3H3,(H2,13,14)/b10-8+. The molecular formula is C12H23NO. The van der Waals surface area contributed by atoms with Crippen LogP contribution in [0, 0.1) is 5.92 Å². The molecule has 2 N–H and O–H groups in total. The number of amides is 1. The predicted octanol–water partition coefficient (Wildman–Crippen LogP) is 3.02. The Labute approximate surface area is 87.6 Å². The van der Waals surface area contributed by atoms with Gasteiger partial charge in [-0.1, -0.05) is 45.6 Å². The number of hydrogen-bond acceptors (Lipinski definition) is 1. The Hall–Kier alpha value is -0.790. The highest BCUT2D eigenvalue weighted by molar-refractivity contribution is 5.91. The van der Waals surface area contributed by atoms with Gasteiger partial charge in [0.25, 0.3) is 0 Å². The van der Waals surface area contributed by atoms with Crippen LogP contribution >= 0.6 is 0 Å². The molecule has 0 aliphatic rings. The summed E-state index contributed by atoms with van der Waals surface area (Å²) in [6.45, 7) is 6.19. The second kappa shape index (κ2) is 7.60. The lowest BCUT2D eigenvalue weighted by atomic mass is 9.95. The van der Waals surface area contributed by atoms with Crippen LogP contribution in [0.4, 0.5) is 0 Å². The van der Waals surface area contributed by atoms with Gasteiger partial charge in [-0.25, -0.2) is 0 Å². The van der Waals surface area contributed by atoms with Crippen molar-refractivity contribution in [3.8, 4) is 0 Å². The number of primary amides is 1. The maximum Gasteiger partial charge on any atom is 0.244 e. The SMILES string of the molecule is CCCCC(CC)C/C=C(\C)C(N)=O. The summed E-state index contributed by atoms with van der Waals surface area (Å²) in [6, 6.07) is 0. The first kappa shape index (κ1) is 13.2. The molecule has 0 aliphatic heterocycles. The van der Waals surface area contributed by atoms with E-state index in [9.17, 15) is 4.79 Å². The fraction of sp³-hybridized carbons (Fsp3) is 0.750. The monoisotopic (exact) mass is 197 g/mol. The number of carbonyl (C=O) groups excluding carboxylic acids is 1. The summed E-state index contributed by atoms with van der Waals surface area (Å²) >= 11 is 0. The Bertz CT molecular complexity index is 196. The van der Waals surface area contributed by atoms with Gasteiger partial charge in [-0.3, -0.25) is 4.79 Å². The van der Waals surface area contributed by atoms with E-state index in [1.165, 1.54) is 25.7 Å². The molecular weight excluding hydrogens is 174 g/mol. The average Bonchev–Trinajstić information content (AvgIpc) is 2.17. The lowest BCUT2D eigenvalue weighted by molar-refractivity contribution is -0.114. The van der Waals surface area contributed by atoms with Crippen molar-refractivity contribution in [2.75, 3.05) is 0 Å². The van der Waals surface area contributed by atoms with E-state index in [1.54, 1.807) is 6.92 Å². The highest BCUT2D eigenvalue weighted by Crippen LogP contribution is 2.17. The Kier molecular flexibility index (Phi) is 7.17. The van der Waals surface area contributed by atoms with Crippen molar-refractivity contribution in [2.24, 2.45) is 11.7 Å². The summed E-state index contributed by atoms with van der Waals surface area (Å²) in [4.78, 5) is 10.8. The average molecular weight is 197 g/mol. The third kappa shape index (κ3) is 5.79. The van der Waals surface area contributed by atoms with Crippen molar-refractivity contribution in [3.63, 3.8) is 0 Å². The summed E-state index contributed by atoms with van der Waals surface area (Å²) in [5, 5.41) is 0. The van der Waals surface area contributed by atoms with Crippen molar-refractivity contribution in [1.29, 1.82) is 0 Å². The second-order valence-corrected chi connectivity index (χ2v) is 3.90. The molecule has 1 atom stereocenters. The van der Waals surface area contributed by atoms with Crippen molar-refractivity contribution < 1.29 is 4.79 Å². The van der Waals surface area contributed by atoms with Gasteiger partial charge in [0.2, 0.25) is 5.91 Å². The minimum Gasteiger partial charge on any atom is -0.366 e. The molecule has 0 saturated carbocycles. The maximum atomic E-state index is 10.8. The van der Waals surface area contributed by atoms with Crippen molar-refractivity contribution >= 4 is 5.91 Å². The number of unbranched alkanes of at least 4 members (excludes halogenated alkanes) is 1. The quantitative estimate of drug-likeness (QED) is 0.626. The van der Waals surface area contributed by atoms with Crippen LogP contribution in [0.3, 0.4) is 0 Å². The van der Waals surface area contributed by atoms with Gasteiger partial charge in [-0.2, -0.15) is 0 Å². The first-order valence-electron chi connectivity index (χ1n) is 5.58. The molecule has 0 bridgehead atoms. The van der Waals surface area contributed by atoms with Gasteiger partial charge in [0, 0.05) is 5.57 Å². The first-order valence-corrected chi connectivity index (χ1v) is 5.58. The number of nitrogens with two attached hydrogens (primary N) is 1. The fourth-order valence-corrected chi connectivity index (χ4v) is 1.43.